The van der Waals surface area contributed by atoms with Crippen LogP contribution in [-0.4, -0.2) is 10.2 Å². The minimum absolute atomic E-state index is 0.498. The van der Waals surface area contributed by atoms with Crippen LogP contribution >= 0.6 is 31.9 Å². The summed E-state index contributed by atoms with van der Waals surface area (Å²) in [7, 11) is 0. The normalized spacial score (nSPS) is 10.6. The maximum absolute atomic E-state index is 5.71. The molecule has 0 saturated carbocycles. The van der Waals surface area contributed by atoms with Crippen molar-refractivity contribution in [3.8, 4) is 22.9 Å². The van der Waals surface area contributed by atoms with E-state index in [2.05, 4.69) is 42.1 Å². The maximum Gasteiger partial charge on any atom is 0.249 e. The fourth-order valence-electron chi connectivity index (χ4n) is 1.69. The lowest BCUT2D eigenvalue weighted by Gasteiger charge is -1.99. The zero-order valence-corrected chi connectivity index (χ0v) is 12.8. The second-order valence-electron chi connectivity index (χ2n) is 3.90. The van der Waals surface area contributed by atoms with Gasteiger partial charge in [0.15, 0.2) is 0 Å². The smallest absolute Gasteiger partial charge is 0.249 e. The first-order valence-corrected chi connectivity index (χ1v) is 7.17. The Labute approximate surface area is 126 Å². The lowest BCUT2D eigenvalue weighted by Crippen LogP contribution is -1.80. The van der Waals surface area contributed by atoms with Crippen LogP contribution in [0.5, 0.6) is 0 Å². The van der Waals surface area contributed by atoms with Crippen molar-refractivity contribution >= 4 is 31.9 Å². The Bertz CT molecular complexity index is 710. The summed E-state index contributed by atoms with van der Waals surface area (Å²) >= 11 is 6.91. The Morgan fingerprint density at radius 1 is 0.842 bits per heavy atom. The molecule has 19 heavy (non-hydrogen) atoms. The van der Waals surface area contributed by atoms with Crippen molar-refractivity contribution in [2.75, 3.05) is 0 Å². The molecule has 0 amide bonds. The molecule has 0 unspecified atom stereocenters. The van der Waals surface area contributed by atoms with Gasteiger partial charge >= 0.3 is 0 Å². The molecule has 3 rings (SSSR count). The largest absolute Gasteiger partial charge is 0.416 e. The van der Waals surface area contributed by atoms with Gasteiger partial charge in [0.05, 0.1) is 5.56 Å². The number of hydrogen-bond acceptors (Lipinski definition) is 3. The van der Waals surface area contributed by atoms with E-state index in [-0.39, 0.29) is 0 Å². The molecule has 0 fully saturated rings. The van der Waals surface area contributed by atoms with E-state index in [9.17, 15) is 0 Å². The molecule has 5 heteroatoms. The first-order chi connectivity index (χ1) is 9.24. The van der Waals surface area contributed by atoms with Crippen LogP contribution in [0.1, 0.15) is 0 Å². The molecule has 0 aliphatic rings. The summed E-state index contributed by atoms with van der Waals surface area (Å²) in [6.45, 7) is 0. The molecule has 0 saturated heterocycles. The molecule has 3 nitrogen and oxygen atoms in total. The molecule has 0 spiro atoms. The molecule has 2 aromatic carbocycles. The molecule has 0 radical (unpaired) electrons. The van der Waals surface area contributed by atoms with Crippen molar-refractivity contribution in [3.05, 3.63) is 57.5 Å². The van der Waals surface area contributed by atoms with E-state index >= 15 is 0 Å². The van der Waals surface area contributed by atoms with Gasteiger partial charge in [0.1, 0.15) is 0 Å². The molecule has 3 aromatic rings. The Morgan fingerprint density at radius 3 is 2.32 bits per heavy atom. The summed E-state index contributed by atoms with van der Waals surface area (Å²) in [5, 5.41) is 8.17. The van der Waals surface area contributed by atoms with Gasteiger partial charge in [0.25, 0.3) is 0 Å². The van der Waals surface area contributed by atoms with E-state index in [1.807, 2.05) is 48.5 Å². The lowest BCUT2D eigenvalue weighted by atomic mass is 10.2. The Hall–Kier alpha value is -1.46. The quantitative estimate of drug-likeness (QED) is 0.633. The van der Waals surface area contributed by atoms with E-state index < -0.39 is 0 Å². The third-order valence-electron chi connectivity index (χ3n) is 2.61. The van der Waals surface area contributed by atoms with Crippen molar-refractivity contribution in [2.24, 2.45) is 0 Å². The number of aromatic nitrogens is 2. The summed E-state index contributed by atoms with van der Waals surface area (Å²) in [6.07, 6.45) is 0. The summed E-state index contributed by atoms with van der Waals surface area (Å²) < 4.78 is 7.61. The van der Waals surface area contributed by atoms with Crippen LogP contribution in [0.25, 0.3) is 22.9 Å². The monoisotopic (exact) mass is 378 g/mol. The molecule has 1 aromatic heterocycles. The van der Waals surface area contributed by atoms with E-state index in [1.165, 1.54) is 0 Å². The SMILES string of the molecule is Brc1ccc(-c2nnc(-c3ccccc3)o2)c(Br)c1. The second kappa shape index (κ2) is 5.27. The molecule has 94 valence electrons. The van der Waals surface area contributed by atoms with Crippen molar-refractivity contribution in [1.29, 1.82) is 0 Å². The van der Waals surface area contributed by atoms with Crippen LogP contribution in [0.2, 0.25) is 0 Å². The molecule has 0 atom stereocenters. The first kappa shape index (κ1) is 12.6. The van der Waals surface area contributed by atoms with Gasteiger partial charge in [-0.05, 0) is 46.3 Å². The highest BCUT2D eigenvalue weighted by Gasteiger charge is 2.12. The highest BCUT2D eigenvalue weighted by Crippen LogP contribution is 2.31. The zero-order valence-electron chi connectivity index (χ0n) is 9.68. The fourth-order valence-corrected chi connectivity index (χ4v) is 2.91. The van der Waals surface area contributed by atoms with Crippen molar-refractivity contribution in [2.45, 2.75) is 0 Å². The molecular weight excluding hydrogens is 372 g/mol. The van der Waals surface area contributed by atoms with Crippen LogP contribution in [-0.2, 0) is 0 Å². The van der Waals surface area contributed by atoms with Crippen LogP contribution in [0.3, 0.4) is 0 Å². The topological polar surface area (TPSA) is 38.9 Å². The van der Waals surface area contributed by atoms with Crippen molar-refractivity contribution < 1.29 is 4.42 Å². The predicted octanol–water partition coefficient (Wildman–Crippen LogP) is 4.93. The van der Waals surface area contributed by atoms with E-state index in [4.69, 9.17) is 4.42 Å². The minimum atomic E-state index is 0.498. The van der Waals surface area contributed by atoms with Gasteiger partial charge in [0.2, 0.25) is 11.8 Å². The Kier molecular flexibility index (Phi) is 3.48. The highest BCUT2D eigenvalue weighted by molar-refractivity contribution is 9.11. The van der Waals surface area contributed by atoms with Crippen molar-refractivity contribution in [3.63, 3.8) is 0 Å². The number of rotatable bonds is 2. The highest BCUT2D eigenvalue weighted by atomic mass is 79.9. The van der Waals surface area contributed by atoms with Gasteiger partial charge in [-0.15, -0.1) is 10.2 Å². The number of nitrogens with zero attached hydrogens (tertiary/aromatic N) is 2. The van der Waals surface area contributed by atoms with Gasteiger partial charge in [-0.3, -0.25) is 0 Å². The number of benzene rings is 2. The van der Waals surface area contributed by atoms with Crippen LogP contribution < -0.4 is 0 Å². The van der Waals surface area contributed by atoms with Crippen LogP contribution in [0, 0.1) is 0 Å². The third kappa shape index (κ3) is 2.62. The van der Waals surface area contributed by atoms with E-state index in [1.54, 1.807) is 0 Å². The standard InChI is InChI=1S/C14H8Br2N2O/c15-10-6-7-11(12(16)8-10)14-18-17-13(19-14)9-4-2-1-3-5-9/h1-8H. The Balaban J connectivity index is 2.02. The van der Waals surface area contributed by atoms with Gasteiger partial charge < -0.3 is 4.42 Å². The molecule has 0 aliphatic heterocycles. The number of halogens is 2. The molecule has 0 aliphatic carbocycles. The Morgan fingerprint density at radius 2 is 1.58 bits per heavy atom. The molecule has 0 bridgehead atoms. The summed E-state index contributed by atoms with van der Waals surface area (Å²) in [4.78, 5) is 0. The summed E-state index contributed by atoms with van der Waals surface area (Å²) in [5.41, 5.74) is 1.78. The molecule has 1 heterocycles. The maximum atomic E-state index is 5.71. The van der Waals surface area contributed by atoms with Gasteiger partial charge in [0, 0.05) is 14.5 Å². The average molecular weight is 380 g/mol. The zero-order chi connectivity index (χ0) is 13.2. The van der Waals surface area contributed by atoms with E-state index in [0.717, 1.165) is 20.1 Å². The second-order valence-corrected chi connectivity index (χ2v) is 5.67. The minimum Gasteiger partial charge on any atom is -0.416 e. The average Bonchev–Trinajstić information content (AvgIpc) is 2.89. The lowest BCUT2D eigenvalue weighted by molar-refractivity contribution is 0.584. The predicted molar refractivity (Wildman–Crippen MR) is 80.6 cm³/mol. The van der Waals surface area contributed by atoms with Gasteiger partial charge in [-0.25, -0.2) is 0 Å². The summed E-state index contributed by atoms with van der Waals surface area (Å²) in [5.74, 6) is 1.02. The van der Waals surface area contributed by atoms with Crippen molar-refractivity contribution in [1.82, 2.24) is 10.2 Å². The fraction of sp³-hybridized carbons (Fsp3) is 0. The third-order valence-corrected chi connectivity index (χ3v) is 3.76. The van der Waals surface area contributed by atoms with E-state index in [0.29, 0.717) is 11.8 Å². The first-order valence-electron chi connectivity index (χ1n) is 5.58. The van der Waals surface area contributed by atoms with Gasteiger partial charge in [-0.2, -0.15) is 0 Å². The van der Waals surface area contributed by atoms with Gasteiger partial charge in [-0.1, -0.05) is 34.1 Å². The molecule has 0 N–H and O–H groups in total. The van der Waals surface area contributed by atoms with Crippen LogP contribution in [0.15, 0.2) is 61.9 Å². The molecular formula is C14H8Br2N2O. The number of hydrogen-bond donors (Lipinski definition) is 0. The summed E-state index contributed by atoms with van der Waals surface area (Å²) in [6, 6.07) is 15.5. The van der Waals surface area contributed by atoms with Crippen LogP contribution in [0.4, 0.5) is 0 Å².